The molecule has 1 aliphatic heterocycles. The second kappa shape index (κ2) is 10.5. The van der Waals surface area contributed by atoms with Gasteiger partial charge in [0.15, 0.2) is 5.69 Å². The smallest absolute Gasteiger partial charge is 0.277 e. The summed E-state index contributed by atoms with van der Waals surface area (Å²) in [5.74, 6) is 0.205. The fraction of sp³-hybridized carbons (Fsp3) is 0.400. The summed E-state index contributed by atoms with van der Waals surface area (Å²) in [6, 6.07) is 11.5. The molecule has 8 nitrogen and oxygen atoms in total. The summed E-state index contributed by atoms with van der Waals surface area (Å²) in [7, 11) is 0. The number of aromatic nitrogens is 2. The molecule has 3 aromatic rings. The summed E-state index contributed by atoms with van der Waals surface area (Å²) >= 11 is 0. The Morgan fingerprint density at radius 2 is 2.06 bits per heavy atom. The number of hydrogen-bond acceptors (Lipinski definition) is 5. The summed E-state index contributed by atoms with van der Waals surface area (Å²) < 4.78 is 13.3. The van der Waals surface area contributed by atoms with Gasteiger partial charge in [0, 0.05) is 37.2 Å². The predicted molar refractivity (Wildman–Crippen MR) is 124 cm³/mol. The Hall–Kier alpha value is -3.39. The predicted octanol–water partition coefficient (Wildman–Crippen LogP) is 4.00. The zero-order chi connectivity index (χ0) is 23.2. The summed E-state index contributed by atoms with van der Waals surface area (Å²) in [5, 5.41) is 2.82. The Morgan fingerprint density at radius 1 is 1.24 bits per heavy atom. The molecule has 2 amide bonds. The molecule has 1 unspecified atom stereocenters. The molecule has 1 aliphatic rings. The van der Waals surface area contributed by atoms with Gasteiger partial charge in [-0.3, -0.25) is 9.59 Å². The van der Waals surface area contributed by atoms with Crippen LogP contribution in [0.5, 0.6) is 0 Å². The third-order valence-corrected chi connectivity index (χ3v) is 5.78. The SMILES string of the molecule is CCC(=O)N(Cc1cccn1Cc1nc(C(=O)Nc2ccc(C)cc2)co1)CC1CCCO1. The third-order valence-electron chi connectivity index (χ3n) is 5.78. The van der Waals surface area contributed by atoms with E-state index in [1.165, 1.54) is 6.26 Å². The quantitative estimate of drug-likeness (QED) is 0.532. The van der Waals surface area contributed by atoms with Gasteiger partial charge in [-0.15, -0.1) is 0 Å². The number of ether oxygens (including phenoxy) is 1. The van der Waals surface area contributed by atoms with Gasteiger partial charge in [0.25, 0.3) is 5.91 Å². The minimum absolute atomic E-state index is 0.101. The first-order valence-electron chi connectivity index (χ1n) is 11.4. The van der Waals surface area contributed by atoms with E-state index in [9.17, 15) is 9.59 Å². The van der Waals surface area contributed by atoms with Gasteiger partial charge in [0.1, 0.15) is 6.26 Å². The van der Waals surface area contributed by atoms with E-state index in [2.05, 4.69) is 10.3 Å². The van der Waals surface area contributed by atoms with Gasteiger partial charge in [-0.25, -0.2) is 4.98 Å². The third kappa shape index (κ3) is 5.90. The number of rotatable bonds is 9. The lowest BCUT2D eigenvalue weighted by Crippen LogP contribution is -2.37. The van der Waals surface area contributed by atoms with Gasteiger partial charge in [0.2, 0.25) is 11.8 Å². The molecule has 1 atom stereocenters. The molecular formula is C25H30N4O4. The highest BCUT2D eigenvalue weighted by Gasteiger charge is 2.23. The van der Waals surface area contributed by atoms with Crippen LogP contribution in [-0.2, 0) is 22.6 Å². The van der Waals surface area contributed by atoms with Crippen molar-refractivity contribution >= 4 is 17.5 Å². The Kier molecular flexibility index (Phi) is 7.24. The lowest BCUT2D eigenvalue weighted by molar-refractivity contribution is -0.133. The van der Waals surface area contributed by atoms with Gasteiger partial charge in [-0.2, -0.15) is 0 Å². The molecule has 0 aliphatic carbocycles. The van der Waals surface area contributed by atoms with Crippen molar-refractivity contribution < 1.29 is 18.7 Å². The van der Waals surface area contributed by atoms with E-state index in [-0.39, 0.29) is 23.6 Å². The number of oxazole rings is 1. The van der Waals surface area contributed by atoms with Crippen LogP contribution < -0.4 is 5.32 Å². The van der Waals surface area contributed by atoms with Gasteiger partial charge in [0.05, 0.1) is 19.2 Å². The Morgan fingerprint density at radius 3 is 2.79 bits per heavy atom. The van der Waals surface area contributed by atoms with E-state index < -0.39 is 0 Å². The van der Waals surface area contributed by atoms with Crippen LogP contribution in [0.15, 0.2) is 53.3 Å². The topological polar surface area (TPSA) is 89.6 Å². The molecule has 33 heavy (non-hydrogen) atoms. The van der Waals surface area contributed by atoms with Gasteiger partial charge in [-0.1, -0.05) is 24.6 Å². The summed E-state index contributed by atoms with van der Waals surface area (Å²) in [6.45, 7) is 6.08. The highest BCUT2D eigenvalue weighted by Crippen LogP contribution is 2.17. The van der Waals surface area contributed by atoms with Crippen molar-refractivity contribution in [3.63, 3.8) is 0 Å². The summed E-state index contributed by atoms with van der Waals surface area (Å²) in [6.07, 6.45) is 5.87. The number of benzene rings is 1. The fourth-order valence-electron chi connectivity index (χ4n) is 3.92. The van der Waals surface area contributed by atoms with Crippen molar-refractivity contribution in [2.45, 2.75) is 52.3 Å². The van der Waals surface area contributed by atoms with Crippen molar-refractivity contribution in [3.05, 3.63) is 71.7 Å². The van der Waals surface area contributed by atoms with Crippen LogP contribution in [0.3, 0.4) is 0 Å². The maximum absolute atomic E-state index is 12.5. The normalized spacial score (nSPS) is 15.5. The molecular weight excluding hydrogens is 420 g/mol. The molecule has 174 valence electrons. The molecule has 8 heteroatoms. The number of hydrogen-bond donors (Lipinski definition) is 1. The number of nitrogens with one attached hydrogen (secondary N) is 1. The number of amides is 2. The maximum Gasteiger partial charge on any atom is 0.277 e. The van der Waals surface area contributed by atoms with Crippen LogP contribution in [0, 0.1) is 6.92 Å². The van der Waals surface area contributed by atoms with E-state index in [4.69, 9.17) is 9.15 Å². The molecule has 1 N–H and O–H groups in total. The average Bonchev–Trinajstić information content (AvgIpc) is 3.58. The fourth-order valence-corrected chi connectivity index (χ4v) is 3.92. The second-order valence-corrected chi connectivity index (χ2v) is 8.34. The first-order chi connectivity index (χ1) is 16.0. The number of nitrogens with zero attached hydrogens (tertiary/aromatic N) is 3. The van der Waals surface area contributed by atoms with E-state index in [1.54, 1.807) is 0 Å². The zero-order valence-electron chi connectivity index (χ0n) is 19.1. The first kappa shape index (κ1) is 22.8. The van der Waals surface area contributed by atoms with Crippen LogP contribution in [-0.4, -0.2) is 45.5 Å². The molecule has 4 rings (SSSR count). The standard InChI is InChI=1S/C25H30N4O4/c1-3-24(30)29(15-21-7-5-13-32-21)14-20-6-4-12-28(20)16-23-27-22(17-33-23)25(31)26-19-10-8-18(2)9-11-19/h4,6,8-12,17,21H,3,5,7,13-16H2,1-2H3,(H,26,31). The van der Waals surface area contributed by atoms with Crippen LogP contribution in [0.2, 0.25) is 0 Å². The number of aryl methyl sites for hydroxylation is 1. The van der Waals surface area contributed by atoms with E-state index in [0.717, 1.165) is 30.7 Å². The van der Waals surface area contributed by atoms with Crippen molar-refractivity contribution in [1.82, 2.24) is 14.5 Å². The monoisotopic (exact) mass is 450 g/mol. The Labute approximate surface area is 193 Å². The number of carbonyl (C=O) groups is 2. The molecule has 0 radical (unpaired) electrons. The zero-order valence-corrected chi connectivity index (χ0v) is 19.1. The van der Waals surface area contributed by atoms with Crippen molar-refractivity contribution in [1.29, 1.82) is 0 Å². The largest absolute Gasteiger partial charge is 0.446 e. The molecule has 0 saturated carbocycles. The second-order valence-electron chi connectivity index (χ2n) is 8.34. The highest BCUT2D eigenvalue weighted by atomic mass is 16.5. The molecule has 0 bridgehead atoms. The lowest BCUT2D eigenvalue weighted by atomic mass is 10.2. The molecule has 1 aromatic carbocycles. The Balaban J connectivity index is 1.40. The van der Waals surface area contributed by atoms with Crippen molar-refractivity contribution in [2.24, 2.45) is 0 Å². The maximum atomic E-state index is 12.5. The molecule has 1 saturated heterocycles. The van der Waals surface area contributed by atoms with Gasteiger partial charge in [-0.05, 0) is 44.0 Å². The summed E-state index contributed by atoms with van der Waals surface area (Å²) in [4.78, 5) is 31.2. The van der Waals surface area contributed by atoms with E-state index >= 15 is 0 Å². The van der Waals surface area contributed by atoms with Gasteiger partial charge >= 0.3 is 0 Å². The minimum atomic E-state index is -0.321. The lowest BCUT2D eigenvalue weighted by Gasteiger charge is -2.25. The Bertz CT molecular complexity index is 1080. The van der Waals surface area contributed by atoms with Crippen LogP contribution in [0.4, 0.5) is 5.69 Å². The minimum Gasteiger partial charge on any atom is -0.446 e. The van der Waals surface area contributed by atoms with Gasteiger partial charge < -0.3 is 23.9 Å². The van der Waals surface area contributed by atoms with Crippen LogP contribution in [0.1, 0.15) is 53.8 Å². The van der Waals surface area contributed by atoms with Crippen LogP contribution >= 0.6 is 0 Å². The summed E-state index contributed by atoms with van der Waals surface area (Å²) in [5.41, 5.74) is 3.02. The van der Waals surface area contributed by atoms with Crippen molar-refractivity contribution in [2.75, 3.05) is 18.5 Å². The first-order valence-corrected chi connectivity index (χ1v) is 11.4. The highest BCUT2D eigenvalue weighted by molar-refractivity contribution is 6.02. The average molecular weight is 451 g/mol. The molecule has 0 spiro atoms. The number of carbonyl (C=O) groups excluding carboxylic acids is 2. The number of anilines is 1. The van der Waals surface area contributed by atoms with E-state index in [0.29, 0.717) is 37.6 Å². The van der Waals surface area contributed by atoms with Crippen LogP contribution in [0.25, 0.3) is 0 Å². The molecule has 2 aromatic heterocycles. The van der Waals surface area contributed by atoms with E-state index in [1.807, 2.05) is 65.9 Å². The molecule has 3 heterocycles. The molecule has 1 fully saturated rings. The van der Waals surface area contributed by atoms with Crippen molar-refractivity contribution in [3.8, 4) is 0 Å².